The number of aryl methyl sites for hydroxylation is 1. The third kappa shape index (κ3) is 5.26. The number of methoxy groups -OCH3 is 1. The van der Waals surface area contributed by atoms with Crippen LogP contribution in [0.2, 0.25) is 0 Å². The fourth-order valence-corrected chi connectivity index (χ4v) is 4.59. The summed E-state index contributed by atoms with van der Waals surface area (Å²) in [6.07, 6.45) is 4.80. The van der Waals surface area contributed by atoms with Crippen molar-refractivity contribution in [3.05, 3.63) is 89.6 Å². The maximum atomic E-state index is 13.1. The maximum absolute atomic E-state index is 13.1. The van der Waals surface area contributed by atoms with Crippen LogP contribution in [0, 0.1) is 0 Å². The van der Waals surface area contributed by atoms with Gasteiger partial charge in [0.2, 0.25) is 5.82 Å². The second-order valence-electron chi connectivity index (χ2n) is 9.03. The second-order valence-corrected chi connectivity index (χ2v) is 9.03. The maximum Gasteiger partial charge on any atom is 0.358 e. The van der Waals surface area contributed by atoms with E-state index in [1.165, 1.54) is 7.11 Å². The summed E-state index contributed by atoms with van der Waals surface area (Å²) in [7, 11) is 1.35. The third-order valence-electron chi connectivity index (χ3n) is 6.45. The van der Waals surface area contributed by atoms with Crippen molar-refractivity contribution in [2.45, 2.75) is 33.2 Å². The lowest BCUT2D eigenvalue weighted by Crippen LogP contribution is -2.15. The molecule has 2 aromatic carbocycles. The number of imidazole rings is 1. The third-order valence-corrected chi connectivity index (χ3v) is 6.45. The SMILES string of the molecule is CCCc1nc(-n2ccc(C(=O)OCC)c2)c(C(=O)OC)n1Cc1ccc(-c2ccccc2-c2nn[nH]n2)cc1. The van der Waals surface area contributed by atoms with Gasteiger partial charge in [0.25, 0.3) is 0 Å². The molecule has 5 aromatic rings. The fraction of sp³-hybridized carbons (Fsp3) is 0.241. The first-order valence-corrected chi connectivity index (χ1v) is 13.0. The van der Waals surface area contributed by atoms with E-state index in [2.05, 4.69) is 27.5 Å². The molecule has 0 spiro atoms. The largest absolute Gasteiger partial charge is 0.464 e. The van der Waals surface area contributed by atoms with Crippen LogP contribution in [0.5, 0.6) is 0 Å². The monoisotopic (exact) mass is 539 g/mol. The van der Waals surface area contributed by atoms with Crippen LogP contribution in [0.1, 0.15) is 52.5 Å². The van der Waals surface area contributed by atoms with Crippen LogP contribution in [-0.4, -0.2) is 60.4 Å². The highest BCUT2D eigenvalue weighted by Crippen LogP contribution is 2.30. The van der Waals surface area contributed by atoms with Crippen molar-refractivity contribution < 1.29 is 19.1 Å². The number of hydrogen-bond acceptors (Lipinski definition) is 8. The van der Waals surface area contributed by atoms with Crippen molar-refractivity contribution in [1.82, 2.24) is 34.7 Å². The number of hydrogen-bond donors (Lipinski definition) is 1. The second kappa shape index (κ2) is 11.8. The minimum absolute atomic E-state index is 0.272. The molecule has 3 heterocycles. The van der Waals surface area contributed by atoms with E-state index in [0.717, 1.165) is 34.5 Å². The lowest BCUT2D eigenvalue weighted by atomic mass is 9.98. The topological polar surface area (TPSA) is 130 Å². The summed E-state index contributed by atoms with van der Waals surface area (Å²) in [6.45, 7) is 4.49. The van der Waals surface area contributed by atoms with Crippen LogP contribution < -0.4 is 0 Å². The smallest absolute Gasteiger partial charge is 0.358 e. The van der Waals surface area contributed by atoms with Gasteiger partial charge in [-0.25, -0.2) is 14.6 Å². The van der Waals surface area contributed by atoms with Gasteiger partial charge in [-0.15, -0.1) is 10.2 Å². The van der Waals surface area contributed by atoms with Gasteiger partial charge < -0.3 is 18.6 Å². The molecular formula is C29H29N7O4. The standard InChI is InChI=1S/C29H29N7O4/c1-4-8-24-30-27(35-16-15-21(18-35)28(37)40-5-2)25(29(38)39-3)36(24)17-19-11-13-20(14-12-19)22-9-6-7-10-23(22)26-31-33-34-32-26/h6-7,9-16,18H,4-5,8,17H2,1-3H3,(H,31,32,33,34). The molecule has 0 unspecified atom stereocenters. The average Bonchev–Trinajstić information content (AvgIpc) is 3.75. The van der Waals surface area contributed by atoms with Crippen LogP contribution in [0.15, 0.2) is 67.0 Å². The summed E-state index contributed by atoms with van der Waals surface area (Å²) in [5.74, 6) is 0.720. The fourth-order valence-electron chi connectivity index (χ4n) is 4.59. The number of carbonyl (C=O) groups is 2. The molecule has 0 aliphatic rings. The van der Waals surface area contributed by atoms with E-state index in [0.29, 0.717) is 35.9 Å². The lowest BCUT2D eigenvalue weighted by molar-refractivity contribution is 0.0525. The number of H-pyrrole nitrogens is 1. The zero-order valence-corrected chi connectivity index (χ0v) is 22.5. The molecule has 0 atom stereocenters. The number of tetrazole rings is 1. The molecule has 0 aliphatic heterocycles. The summed E-state index contributed by atoms with van der Waals surface area (Å²) in [4.78, 5) is 30.1. The molecule has 11 heteroatoms. The number of nitrogens with zero attached hydrogens (tertiary/aromatic N) is 6. The van der Waals surface area contributed by atoms with E-state index in [1.54, 1.807) is 30.0 Å². The van der Waals surface area contributed by atoms with Crippen molar-refractivity contribution in [2.24, 2.45) is 0 Å². The van der Waals surface area contributed by atoms with Crippen LogP contribution >= 0.6 is 0 Å². The summed E-state index contributed by atoms with van der Waals surface area (Å²) >= 11 is 0. The molecule has 0 bridgehead atoms. The van der Waals surface area contributed by atoms with Crippen LogP contribution in [0.4, 0.5) is 0 Å². The van der Waals surface area contributed by atoms with Crippen LogP contribution in [0.3, 0.4) is 0 Å². The predicted molar refractivity (Wildman–Crippen MR) is 147 cm³/mol. The first-order valence-electron chi connectivity index (χ1n) is 13.0. The Kier molecular flexibility index (Phi) is 7.81. The van der Waals surface area contributed by atoms with Gasteiger partial charge in [0.1, 0.15) is 5.82 Å². The van der Waals surface area contributed by atoms with Gasteiger partial charge in [0, 0.05) is 30.9 Å². The Balaban J connectivity index is 1.51. The summed E-state index contributed by atoms with van der Waals surface area (Å²) in [6, 6.07) is 17.6. The van der Waals surface area contributed by atoms with Gasteiger partial charge in [0.15, 0.2) is 11.5 Å². The first kappa shape index (κ1) is 26.5. The Morgan fingerprint density at radius 2 is 1.75 bits per heavy atom. The van der Waals surface area contributed by atoms with E-state index < -0.39 is 11.9 Å². The van der Waals surface area contributed by atoms with E-state index in [1.807, 2.05) is 53.1 Å². The Labute approximate surface area is 230 Å². The number of aromatic amines is 1. The molecule has 0 fully saturated rings. The minimum atomic E-state index is -0.512. The van der Waals surface area contributed by atoms with E-state index in [9.17, 15) is 9.59 Å². The molecule has 11 nitrogen and oxygen atoms in total. The number of esters is 2. The van der Waals surface area contributed by atoms with Crippen LogP contribution in [-0.2, 0) is 22.4 Å². The molecule has 0 aliphatic carbocycles. The molecule has 1 N–H and O–H groups in total. The minimum Gasteiger partial charge on any atom is -0.464 e. The highest BCUT2D eigenvalue weighted by Gasteiger charge is 2.25. The number of ether oxygens (including phenoxy) is 2. The van der Waals surface area contributed by atoms with Crippen molar-refractivity contribution in [3.63, 3.8) is 0 Å². The van der Waals surface area contributed by atoms with Gasteiger partial charge >= 0.3 is 11.9 Å². The summed E-state index contributed by atoms with van der Waals surface area (Å²) in [5, 5.41) is 14.4. The van der Waals surface area contributed by atoms with E-state index in [-0.39, 0.29) is 6.61 Å². The zero-order valence-electron chi connectivity index (χ0n) is 22.5. The highest BCUT2D eigenvalue weighted by atomic mass is 16.5. The van der Waals surface area contributed by atoms with Crippen molar-refractivity contribution in [1.29, 1.82) is 0 Å². The Bertz CT molecular complexity index is 1620. The summed E-state index contributed by atoms with van der Waals surface area (Å²) < 4.78 is 13.8. The Morgan fingerprint density at radius 3 is 2.42 bits per heavy atom. The normalized spacial score (nSPS) is 11.0. The number of aromatic nitrogens is 7. The van der Waals surface area contributed by atoms with Gasteiger partial charge in [0.05, 0.1) is 19.3 Å². The molecule has 0 saturated carbocycles. The molecule has 0 saturated heterocycles. The molecule has 3 aromatic heterocycles. The molecule has 40 heavy (non-hydrogen) atoms. The average molecular weight is 540 g/mol. The number of benzene rings is 2. The first-order chi connectivity index (χ1) is 19.5. The molecular weight excluding hydrogens is 510 g/mol. The van der Waals surface area contributed by atoms with E-state index in [4.69, 9.17) is 14.5 Å². The predicted octanol–water partition coefficient (Wildman–Crippen LogP) is 4.49. The zero-order chi connectivity index (χ0) is 28.1. The van der Waals surface area contributed by atoms with E-state index >= 15 is 0 Å². The van der Waals surface area contributed by atoms with Gasteiger partial charge in [-0.05, 0) is 41.3 Å². The molecule has 5 rings (SSSR count). The van der Waals surface area contributed by atoms with Crippen molar-refractivity contribution in [3.8, 4) is 28.3 Å². The van der Waals surface area contributed by atoms with Gasteiger partial charge in [-0.1, -0.05) is 55.5 Å². The molecule has 204 valence electrons. The molecule has 0 radical (unpaired) electrons. The molecule has 0 amide bonds. The Morgan fingerprint density at radius 1 is 0.975 bits per heavy atom. The Hall–Kier alpha value is -5.06. The highest BCUT2D eigenvalue weighted by molar-refractivity contribution is 5.92. The number of rotatable bonds is 10. The van der Waals surface area contributed by atoms with Gasteiger partial charge in [-0.3, -0.25) is 0 Å². The van der Waals surface area contributed by atoms with Crippen molar-refractivity contribution in [2.75, 3.05) is 13.7 Å². The number of nitrogens with one attached hydrogen (secondary N) is 1. The number of carbonyl (C=O) groups excluding carboxylic acids is 2. The lowest BCUT2D eigenvalue weighted by Gasteiger charge is -2.13. The summed E-state index contributed by atoms with van der Waals surface area (Å²) in [5.41, 5.74) is 4.51. The van der Waals surface area contributed by atoms with Gasteiger partial charge in [-0.2, -0.15) is 5.21 Å². The van der Waals surface area contributed by atoms with Crippen LogP contribution in [0.25, 0.3) is 28.3 Å². The van der Waals surface area contributed by atoms with Crippen molar-refractivity contribution >= 4 is 11.9 Å². The quantitative estimate of drug-likeness (QED) is 0.257.